The van der Waals surface area contributed by atoms with Crippen molar-refractivity contribution in [1.29, 1.82) is 0 Å². The van der Waals surface area contributed by atoms with Crippen molar-refractivity contribution in [2.45, 2.75) is 0 Å². The van der Waals surface area contributed by atoms with Gasteiger partial charge in [0.25, 0.3) is 0 Å². The molecule has 2 aromatic carbocycles. The highest BCUT2D eigenvalue weighted by Crippen LogP contribution is 2.18. The Balaban J connectivity index is 1.77. The molecule has 0 bridgehead atoms. The molecule has 0 unspecified atom stereocenters. The third-order valence-corrected chi connectivity index (χ3v) is 2.59. The van der Waals surface area contributed by atoms with Crippen molar-refractivity contribution >= 4 is 23.3 Å². The van der Waals surface area contributed by atoms with E-state index in [-0.39, 0.29) is 5.75 Å². The molecule has 1 aromatic heterocycles. The average molecular weight is 253 g/mol. The number of hydrogen-bond acceptors (Lipinski definition) is 5. The van der Waals surface area contributed by atoms with Gasteiger partial charge in [0.05, 0.1) is 6.21 Å². The molecule has 5 heteroatoms. The van der Waals surface area contributed by atoms with Crippen LogP contribution in [0.5, 0.6) is 5.75 Å². The quantitative estimate of drug-likeness (QED) is 0.556. The Kier molecular flexibility index (Phi) is 2.86. The van der Waals surface area contributed by atoms with Crippen LogP contribution >= 0.6 is 0 Å². The molecule has 3 aromatic rings. The second kappa shape index (κ2) is 4.81. The first kappa shape index (κ1) is 11.3. The molecule has 0 aliphatic rings. The summed E-state index contributed by atoms with van der Waals surface area (Å²) in [6.07, 6.45) is 1.50. The molecule has 0 atom stereocenters. The van der Waals surface area contributed by atoms with Crippen molar-refractivity contribution in [3.63, 3.8) is 0 Å². The predicted molar refractivity (Wildman–Crippen MR) is 73.3 cm³/mol. The first-order valence-corrected chi connectivity index (χ1v) is 5.75. The van der Waals surface area contributed by atoms with Gasteiger partial charge in [0.1, 0.15) is 11.3 Å². The molecule has 0 aliphatic carbocycles. The largest absolute Gasteiger partial charge is 0.507 e. The Morgan fingerprint density at radius 3 is 2.74 bits per heavy atom. The fourth-order valence-corrected chi connectivity index (χ4v) is 1.67. The molecule has 0 amide bonds. The van der Waals surface area contributed by atoms with Crippen LogP contribution in [0.2, 0.25) is 0 Å². The number of aromatic nitrogens is 1. The van der Waals surface area contributed by atoms with E-state index >= 15 is 0 Å². The Morgan fingerprint density at radius 2 is 1.89 bits per heavy atom. The lowest BCUT2D eigenvalue weighted by molar-refractivity contribution is 0.474. The van der Waals surface area contributed by atoms with Crippen LogP contribution in [0.1, 0.15) is 5.56 Å². The molecule has 0 saturated heterocycles. The average Bonchev–Trinajstić information content (AvgIpc) is 2.83. The second-order valence-electron chi connectivity index (χ2n) is 3.92. The molecule has 0 fully saturated rings. The van der Waals surface area contributed by atoms with Gasteiger partial charge >= 0.3 is 6.01 Å². The highest BCUT2D eigenvalue weighted by atomic mass is 16.4. The normalized spacial score (nSPS) is 11.2. The van der Waals surface area contributed by atoms with Crippen LogP contribution in [-0.2, 0) is 0 Å². The summed E-state index contributed by atoms with van der Waals surface area (Å²) >= 11 is 0. The van der Waals surface area contributed by atoms with Gasteiger partial charge in [0.15, 0.2) is 5.58 Å². The smallest absolute Gasteiger partial charge is 0.316 e. The monoisotopic (exact) mass is 253 g/mol. The molecule has 19 heavy (non-hydrogen) atoms. The van der Waals surface area contributed by atoms with E-state index in [0.717, 1.165) is 5.52 Å². The van der Waals surface area contributed by atoms with E-state index in [1.165, 1.54) is 6.21 Å². The van der Waals surface area contributed by atoms with Gasteiger partial charge in [-0.25, -0.2) is 5.43 Å². The number of hydrogen-bond donors (Lipinski definition) is 2. The van der Waals surface area contributed by atoms with Gasteiger partial charge in [-0.2, -0.15) is 10.1 Å². The number of hydrazone groups is 1. The summed E-state index contributed by atoms with van der Waals surface area (Å²) in [5.41, 5.74) is 4.77. The number of phenolic OH excluding ortho intramolecular Hbond substituents is 1. The van der Waals surface area contributed by atoms with Gasteiger partial charge in [-0.05, 0) is 24.3 Å². The number of nitrogens with zero attached hydrogens (tertiary/aromatic N) is 2. The Hall–Kier alpha value is -2.82. The number of nitrogens with one attached hydrogen (secondary N) is 1. The van der Waals surface area contributed by atoms with Crippen molar-refractivity contribution in [3.05, 3.63) is 54.1 Å². The van der Waals surface area contributed by atoms with Gasteiger partial charge in [0.2, 0.25) is 0 Å². The summed E-state index contributed by atoms with van der Waals surface area (Å²) < 4.78 is 5.44. The van der Waals surface area contributed by atoms with E-state index in [4.69, 9.17) is 4.42 Å². The molecular formula is C14H11N3O2. The first-order chi connectivity index (χ1) is 9.33. The molecule has 0 saturated carbocycles. The van der Waals surface area contributed by atoms with Crippen LogP contribution in [0.15, 0.2) is 58.0 Å². The van der Waals surface area contributed by atoms with Crippen LogP contribution in [0.25, 0.3) is 11.1 Å². The number of benzene rings is 2. The van der Waals surface area contributed by atoms with E-state index in [1.807, 2.05) is 30.3 Å². The fourth-order valence-electron chi connectivity index (χ4n) is 1.67. The van der Waals surface area contributed by atoms with E-state index in [1.54, 1.807) is 18.2 Å². The Morgan fingerprint density at radius 1 is 1.11 bits per heavy atom. The maximum Gasteiger partial charge on any atom is 0.316 e. The summed E-state index contributed by atoms with van der Waals surface area (Å²) in [4.78, 5) is 4.21. The second-order valence-corrected chi connectivity index (χ2v) is 3.92. The molecule has 0 spiro atoms. The molecule has 0 radical (unpaired) electrons. The molecule has 3 rings (SSSR count). The zero-order chi connectivity index (χ0) is 13.1. The van der Waals surface area contributed by atoms with Gasteiger partial charge in [-0.1, -0.05) is 24.3 Å². The zero-order valence-corrected chi connectivity index (χ0v) is 9.95. The number of rotatable bonds is 3. The van der Waals surface area contributed by atoms with E-state index in [0.29, 0.717) is 17.2 Å². The van der Waals surface area contributed by atoms with E-state index in [2.05, 4.69) is 15.5 Å². The maximum atomic E-state index is 9.56. The third kappa shape index (κ3) is 2.40. The van der Waals surface area contributed by atoms with Crippen molar-refractivity contribution < 1.29 is 9.52 Å². The van der Waals surface area contributed by atoms with E-state index < -0.39 is 0 Å². The molecule has 94 valence electrons. The molecule has 1 heterocycles. The van der Waals surface area contributed by atoms with Crippen LogP contribution in [0.4, 0.5) is 6.01 Å². The topological polar surface area (TPSA) is 70.7 Å². The van der Waals surface area contributed by atoms with Crippen LogP contribution in [-0.4, -0.2) is 16.3 Å². The standard InChI is InChI=1S/C14H11N3O2/c18-12-7-3-1-5-10(12)9-15-17-14-16-11-6-2-4-8-13(11)19-14/h1-9,18H,(H,16,17). The number of oxazole rings is 1. The van der Waals surface area contributed by atoms with Crippen molar-refractivity contribution in [2.24, 2.45) is 5.10 Å². The van der Waals surface area contributed by atoms with Crippen LogP contribution in [0, 0.1) is 0 Å². The molecule has 2 N–H and O–H groups in total. The van der Waals surface area contributed by atoms with Crippen molar-refractivity contribution in [2.75, 3.05) is 5.43 Å². The van der Waals surface area contributed by atoms with Gasteiger partial charge < -0.3 is 9.52 Å². The highest BCUT2D eigenvalue weighted by Gasteiger charge is 2.02. The number of phenols is 1. The summed E-state index contributed by atoms with van der Waals surface area (Å²) in [5, 5.41) is 13.5. The van der Waals surface area contributed by atoms with Crippen molar-refractivity contribution in [3.8, 4) is 5.75 Å². The minimum atomic E-state index is 0.172. The van der Waals surface area contributed by atoms with Gasteiger partial charge in [-0.15, -0.1) is 0 Å². The number of anilines is 1. The first-order valence-electron chi connectivity index (χ1n) is 5.75. The minimum absolute atomic E-state index is 0.172. The summed E-state index contributed by atoms with van der Waals surface area (Å²) in [6.45, 7) is 0. The Bertz CT molecular complexity index is 701. The van der Waals surface area contributed by atoms with Crippen LogP contribution in [0.3, 0.4) is 0 Å². The van der Waals surface area contributed by atoms with E-state index in [9.17, 15) is 5.11 Å². The zero-order valence-electron chi connectivity index (χ0n) is 9.95. The Labute approximate surface area is 109 Å². The van der Waals surface area contributed by atoms with Crippen molar-refractivity contribution in [1.82, 2.24) is 4.98 Å². The SMILES string of the molecule is Oc1ccccc1C=NNc1nc2ccccc2o1. The molecular weight excluding hydrogens is 242 g/mol. The van der Waals surface area contributed by atoms with Gasteiger partial charge in [-0.3, -0.25) is 0 Å². The minimum Gasteiger partial charge on any atom is -0.507 e. The molecule has 5 nitrogen and oxygen atoms in total. The van der Waals surface area contributed by atoms with Crippen LogP contribution < -0.4 is 5.43 Å². The summed E-state index contributed by atoms with van der Waals surface area (Å²) in [6, 6.07) is 14.7. The highest BCUT2D eigenvalue weighted by molar-refractivity contribution is 5.83. The fraction of sp³-hybridized carbons (Fsp3) is 0. The number of aromatic hydroxyl groups is 1. The van der Waals surface area contributed by atoms with Gasteiger partial charge in [0, 0.05) is 5.56 Å². The lowest BCUT2D eigenvalue weighted by atomic mass is 10.2. The lowest BCUT2D eigenvalue weighted by Crippen LogP contribution is -1.90. The number of fused-ring (bicyclic) bond motifs is 1. The summed E-state index contributed by atoms with van der Waals surface area (Å²) in [5.74, 6) is 0.172. The lowest BCUT2D eigenvalue weighted by Gasteiger charge is -1.96. The maximum absolute atomic E-state index is 9.56. The molecule has 0 aliphatic heterocycles. The summed E-state index contributed by atoms with van der Waals surface area (Å²) in [7, 11) is 0. The predicted octanol–water partition coefficient (Wildman–Crippen LogP) is 2.98. The number of para-hydroxylation sites is 3. The third-order valence-electron chi connectivity index (χ3n) is 2.59.